The molecule has 2 aromatic heterocycles. The highest BCUT2D eigenvalue weighted by molar-refractivity contribution is 7.70. The van der Waals surface area contributed by atoms with E-state index in [9.17, 15) is 24.1 Å². The van der Waals surface area contributed by atoms with E-state index in [2.05, 4.69) is 52.1 Å². The van der Waals surface area contributed by atoms with E-state index in [1.165, 1.54) is 11.1 Å². The number of aliphatic hydroxyl groups excluding tert-OH is 1. The molecule has 73 heavy (non-hydrogen) atoms. The van der Waals surface area contributed by atoms with Crippen molar-refractivity contribution in [2.24, 2.45) is 5.41 Å². The van der Waals surface area contributed by atoms with Gasteiger partial charge in [-0.3, -0.25) is 19.3 Å². The van der Waals surface area contributed by atoms with E-state index in [4.69, 9.17) is 16.3 Å². The smallest absolute Gasteiger partial charge is 0.246 e. The summed E-state index contributed by atoms with van der Waals surface area (Å²) in [5, 5.41) is 24.3. The van der Waals surface area contributed by atoms with Gasteiger partial charge >= 0.3 is 0 Å². The van der Waals surface area contributed by atoms with Gasteiger partial charge in [-0.1, -0.05) is 88.0 Å². The van der Waals surface area contributed by atoms with Gasteiger partial charge in [0.25, 0.3) is 0 Å². The molecule has 2 aliphatic rings. The minimum absolute atomic E-state index is 0.0278. The van der Waals surface area contributed by atoms with Gasteiger partial charge in [0.1, 0.15) is 30.0 Å². The SMILES string of the molecule is COc1cc(N2CCN(CCCCCCCC(=O)NC(C(=O)N3CC(O)CC3C(=O)NC(C)c3ccc(-c4scnc4C)cc3)C(C)(C)C)CC2)ccc1Nc1ncc(Cl)c(Nc2ccccc2P(C)(C)=O)n1. The van der Waals surface area contributed by atoms with Gasteiger partial charge in [0, 0.05) is 62.6 Å². The van der Waals surface area contributed by atoms with Gasteiger partial charge in [-0.25, -0.2) is 9.97 Å². The molecular formula is C54H72ClN10O6PS. The van der Waals surface area contributed by atoms with E-state index in [1.807, 2.05) is 101 Å². The fourth-order valence-corrected chi connectivity index (χ4v) is 11.5. The number of hydrogen-bond acceptors (Lipinski definition) is 14. The molecule has 2 saturated heterocycles. The highest BCUT2D eigenvalue weighted by atomic mass is 35.5. The number of rotatable bonds is 21. The number of likely N-dealkylation sites (tertiary alicyclic amines) is 1. The number of unbranched alkanes of at least 4 members (excludes halogenated alkanes) is 4. The molecule has 4 heterocycles. The Hall–Kier alpha value is -5.58. The predicted molar refractivity (Wildman–Crippen MR) is 295 cm³/mol. The van der Waals surface area contributed by atoms with Crippen LogP contribution in [-0.2, 0) is 18.9 Å². The molecule has 2 aliphatic heterocycles. The van der Waals surface area contributed by atoms with Crippen LogP contribution in [0.2, 0.25) is 5.02 Å². The van der Waals surface area contributed by atoms with E-state index in [0.29, 0.717) is 52.1 Å². The van der Waals surface area contributed by atoms with Gasteiger partial charge in [-0.15, -0.1) is 11.3 Å². The Kier molecular flexibility index (Phi) is 18.6. The number of anilines is 5. The Morgan fingerprint density at radius 1 is 0.918 bits per heavy atom. The summed E-state index contributed by atoms with van der Waals surface area (Å²) in [6, 6.07) is 19.4. The van der Waals surface area contributed by atoms with E-state index in [0.717, 1.165) is 85.8 Å². The van der Waals surface area contributed by atoms with Crippen LogP contribution in [0.3, 0.4) is 0 Å². The molecule has 19 heteroatoms. The van der Waals surface area contributed by atoms with E-state index < -0.39 is 30.7 Å². The zero-order valence-electron chi connectivity index (χ0n) is 43.4. The number of thiazole rings is 1. The highest BCUT2D eigenvalue weighted by Crippen LogP contribution is 2.39. The lowest BCUT2D eigenvalue weighted by Gasteiger charge is -2.36. The molecule has 5 N–H and O–H groups in total. The third-order valence-electron chi connectivity index (χ3n) is 13.6. The molecule has 7 rings (SSSR count). The first kappa shape index (κ1) is 55.2. The Morgan fingerprint density at radius 3 is 2.32 bits per heavy atom. The van der Waals surface area contributed by atoms with Crippen LogP contribution in [0.15, 0.2) is 78.4 Å². The molecule has 0 bridgehead atoms. The molecule has 16 nitrogen and oxygen atoms in total. The van der Waals surface area contributed by atoms with Crippen molar-refractivity contribution in [2.45, 2.75) is 104 Å². The third kappa shape index (κ3) is 14.6. The second kappa shape index (κ2) is 24.6. The molecule has 2 fully saturated rings. The van der Waals surface area contributed by atoms with E-state index in [1.54, 1.807) is 31.8 Å². The minimum Gasteiger partial charge on any atom is -0.494 e. The number of carbonyl (C=O) groups excluding carboxylic acids is 3. The number of carbonyl (C=O) groups is 3. The van der Waals surface area contributed by atoms with E-state index in [-0.39, 0.29) is 36.7 Å². The summed E-state index contributed by atoms with van der Waals surface area (Å²) in [5.41, 5.74) is 6.61. The summed E-state index contributed by atoms with van der Waals surface area (Å²) in [7, 11) is -0.924. The number of para-hydroxylation sites is 1. The number of aromatic nitrogens is 3. The molecule has 5 aromatic rings. The largest absolute Gasteiger partial charge is 0.494 e. The average molecular weight is 1060 g/mol. The lowest BCUT2D eigenvalue weighted by molar-refractivity contribution is -0.144. The second-order valence-corrected chi connectivity index (χ2v) is 25.1. The number of benzene rings is 3. The molecule has 0 radical (unpaired) electrons. The molecular weight excluding hydrogens is 983 g/mol. The maximum absolute atomic E-state index is 14.2. The number of nitrogens with one attached hydrogen (secondary N) is 4. The van der Waals surface area contributed by atoms with Crippen molar-refractivity contribution in [3.63, 3.8) is 0 Å². The van der Waals surface area contributed by atoms with Gasteiger partial charge in [0.15, 0.2) is 5.82 Å². The van der Waals surface area contributed by atoms with Crippen molar-refractivity contribution in [1.29, 1.82) is 0 Å². The second-order valence-electron chi connectivity index (χ2n) is 20.6. The van der Waals surface area contributed by atoms with Crippen molar-refractivity contribution in [2.75, 3.05) is 75.2 Å². The summed E-state index contributed by atoms with van der Waals surface area (Å²) in [5.74, 6) is 0.490. The monoisotopic (exact) mass is 1050 g/mol. The third-order valence-corrected chi connectivity index (χ3v) is 16.4. The number of aliphatic hydroxyl groups is 1. The fraction of sp³-hybridized carbons (Fsp3) is 0.481. The number of ether oxygens (including phenoxy) is 1. The van der Waals surface area contributed by atoms with Crippen LogP contribution in [0.1, 0.15) is 89.9 Å². The maximum atomic E-state index is 14.2. The maximum Gasteiger partial charge on any atom is 0.246 e. The summed E-state index contributed by atoms with van der Waals surface area (Å²) in [4.78, 5) is 61.9. The number of methoxy groups -OCH3 is 1. The fourth-order valence-electron chi connectivity index (χ4n) is 9.42. The minimum atomic E-state index is -2.56. The van der Waals surface area contributed by atoms with Gasteiger partial charge in [0.2, 0.25) is 23.7 Å². The quantitative estimate of drug-likeness (QED) is 0.0345. The van der Waals surface area contributed by atoms with Crippen molar-refractivity contribution < 1.29 is 28.8 Å². The summed E-state index contributed by atoms with van der Waals surface area (Å²) in [6.45, 7) is 17.8. The van der Waals surface area contributed by atoms with Gasteiger partial charge in [-0.05, 0) is 87.4 Å². The van der Waals surface area contributed by atoms with Crippen molar-refractivity contribution in [3.8, 4) is 16.2 Å². The molecule has 0 saturated carbocycles. The highest BCUT2D eigenvalue weighted by Gasteiger charge is 2.44. The lowest BCUT2D eigenvalue weighted by atomic mass is 9.85. The predicted octanol–water partition coefficient (Wildman–Crippen LogP) is 9.14. The van der Waals surface area contributed by atoms with Crippen molar-refractivity contribution in [1.82, 2.24) is 35.4 Å². The first-order valence-electron chi connectivity index (χ1n) is 25.2. The van der Waals surface area contributed by atoms with Gasteiger partial charge in [-0.2, -0.15) is 4.98 Å². The first-order chi connectivity index (χ1) is 34.8. The van der Waals surface area contributed by atoms with Gasteiger partial charge in [0.05, 0.1) is 52.9 Å². The van der Waals surface area contributed by atoms with Crippen molar-refractivity contribution >= 4 is 81.9 Å². The van der Waals surface area contributed by atoms with Crippen LogP contribution in [-0.4, -0.2) is 125 Å². The van der Waals surface area contributed by atoms with Crippen LogP contribution in [0.25, 0.3) is 10.4 Å². The Balaban J connectivity index is 0.810. The number of β-amino-alcohol motifs (C(OH)–C–C–N with tert-alkyl or cyclic N) is 1. The summed E-state index contributed by atoms with van der Waals surface area (Å²) in [6.07, 6.45) is 5.89. The zero-order chi connectivity index (χ0) is 52.5. The van der Waals surface area contributed by atoms with Gasteiger partial charge < -0.3 is 45.5 Å². The molecule has 3 amide bonds. The number of aryl methyl sites for hydroxylation is 1. The molecule has 4 atom stereocenters. The molecule has 3 aromatic carbocycles. The van der Waals surface area contributed by atoms with Crippen LogP contribution in [0.4, 0.5) is 28.8 Å². The Morgan fingerprint density at radius 2 is 1.63 bits per heavy atom. The number of halogens is 1. The topological polar surface area (TPSA) is 194 Å². The Labute approximate surface area is 439 Å². The standard InChI is InChI=1S/C54H72ClN10O6PS/c1-35(37-19-21-38(22-20-37)48-36(2)57-34-73-48)58-51(68)44-31-40(66)33-65(44)52(69)49(54(3,4)5)61-47(67)18-12-10-9-11-15-25-63-26-28-64(29-27-63)39-23-24-42(45(30-39)71-6)60-53-56-32-41(55)50(62-53)59-43-16-13-14-17-46(43)72(7,8)70/h13-14,16-17,19-24,30,32,34-35,40,44,49,66H,9-12,15,18,25-29,31,33H2,1-8H3,(H,58,68)(H,61,67)(H2,56,59,60,62). The Bertz CT molecular complexity index is 2740. The van der Waals surface area contributed by atoms with Crippen LogP contribution >= 0.6 is 30.1 Å². The summed E-state index contributed by atoms with van der Waals surface area (Å²) >= 11 is 8.07. The molecule has 392 valence electrons. The molecule has 4 unspecified atom stereocenters. The number of nitrogens with zero attached hydrogens (tertiary/aromatic N) is 6. The summed E-state index contributed by atoms with van der Waals surface area (Å²) < 4.78 is 18.7. The molecule has 0 aliphatic carbocycles. The number of hydrogen-bond donors (Lipinski definition) is 5. The van der Waals surface area contributed by atoms with Crippen LogP contribution in [0.5, 0.6) is 5.75 Å². The average Bonchev–Trinajstić information content (AvgIpc) is 3.98. The van der Waals surface area contributed by atoms with E-state index >= 15 is 0 Å². The number of amides is 3. The first-order valence-corrected chi connectivity index (χ1v) is 29.1. The lowest BCUT2D eigenvalue weighted by Crippen LogP contribution is -2.57. The molecule has 0 spiro atoms. The number of piperazine rings is 1. The normalized spacial score (nSPS) is 17.2. The van der Waals surface area contributed by atoms with Crippen LogP contribution in [0, 0.1) is 12.3 Å². The van der Waals surface area contributed by atoms with Crippen molar-refractivity contribution in [3.05, 3.63) is 94.7 Å². The zero-order valence-corrected chi connectivity index (χ0v) is 45.9. The van der Waals surface area contributed by atoms with Crippen LogP contribution < -0.4 is 36.2 Å².